The second-order valence-electron chi connectivity index (χ2n) is 8.27. The molecule has 1 N–H and O–H groups in total. The van der Waals surface area contributed by atoms with Crippen molar-refractivity contribution in [2.24, 2.45) is 0 Å². The number of unbranched alkanes of at least 4 members (excludes halogenated alkanes) is 3. The maximum absolute atomic E-state index is 12.7. The quantitative estimate of drug-likeness (QED) is 0.339. The van der Waals surface area contributed by atoms with E-state index in [-0.39, 0.29) is 30.5 Å². The number of β-lactam (4-membered cyclic amide) rings is 1. The Kier molecular flexibility index (Phi) is 9.18. The highest BCUT2D eigenvalue weighted by atomic mass is 35.5. The summed E-state index contributed by atoms with van der Waals surface area (Å²) in [6.07, 6.45) is 4.58. The first kappa shape index (κ1) is 25.5. The van der Waals surface area contributed by atoms with Crippen LogP contribution in [-0.4, -0.2) is 43.6 Å². The SMILES string of the molecule is O=C(CN1C(=O)CC1S(=O)(=O)Cc1ccccc1)NCCCCCCc1cc(Cl)cc(Cl)c1. The predicted octanol–water partition coefficient (Wildman–Crippen LogP) is 4.39. The summed E-state index contributed by atoms with van der Waals surface area (Å²) in [6.45, 7) is 0.262. The molecule has 0 bridgehead atoms. The Balaban J connectivity index is 1.34. The molecule has 0 spiro atoms. The molecule has 3 rings (SSSR count). The zero-order valence-electron chi connectivity index (χ0n) is 18.3. The van der Waals surface area contributed by atoms with Gasteiger partial charge in [-0.05, 0) is 48.6 Å². The molecule has 2 amide bonds. The minimum atomic E-state index is -3.56. The van der Waals surface area contributed by atoms with Crippen LogP contribution in [0, 0.1) is 0 Å². The van der Waals surface area contributed by atoms with E-state index in [1.165, 1.54) is 0 Å². The van der Waals surface area contributed by atoms with Gasteiger partial charge in [0.2, 0.25) is 11.8 Å². The van der Waals surface area contributed by atoms with E-state index >= 15 is 0 Å². The smallest absolute Gasteiger partial charge is 0.239 e. The zero-order valence-corrected chi connectivity index (χ0v) is 20.6. The molecule has 33 heavy (non-hydrogen) atoms. The van der Waals surface area contributed by atoms with Crippen molar-refractivity contribution < 1.29 is 18.0 Å². The van der Waals surface area contributed by atoms with Crippen molar-refractivity contribution in [1.29, 1.82) is 0 Å². The van der Waals surface area contributed by atoms with E-state index in [0.717, 1.165) is 42.6 Å². The zero-order chi connectivity index (χ0) is 23.8. The fourth-order valence-corrected chi connectivity index (χ4v) is 6.24. The molecule has 1 atom stereocenters. The van der Waals surface area contributed by atoms with E-state index in [9.17, 15) is 18.0 Å². The highest BCUT2D eigenvalue weighted by molar-refractivity contribution is 7.91. The predicted molar refractivity (Wildman–Crippen MR) is 131 cm³/mol. The van der Waals surface area contributed by atoms with Crippen LogP contribution in [-0.2, 0) is 31.6 Å². The summed E-state index contributed by atoms with van der Waals surface area (Å²) in [7, 11) is -3.56. The van der Waals surface area contributed by atoms with Crippen molar-refractivity contribution in [3.05, 3.63) is 69.7 Å². The minimum Gasteiger partial charge on any atom is -0.355 e. The van der Waals surface area contributed by atoms with Gasteiger partial charge in [-0.3, -0.25) is 9.59 Å². The van der Waals surface area contributed by atoms with Crippen LogP contribution in [0.5, 0.6) is 0 Å². The number of likely N-dealkylation sites (tertiary alicyclic amines) is 1. The molecule has 1 heterocycles. The lowest BCUT2D eigenvalue weighted by Crippen LogP contribution is -2.59. The second-order valence-corrected chi connectivity index (χ2v) is 11.3. The van der Waals surface area contributed by atoms with Crippen LogP contribution in [0.4, 0.5) is 0 Å². The lowest BCUT2D eigenvalue weighted by Gasteiger charge is -2.39. The van der Waals surface area contributed by atoms with E-state index in [2.05, 4.69) is 5.32 Å². The Labute approximate surface area is 205 Å². The van der Waals surface area contributed by atoms with Gasteiger partial charge in [0.1, 0.15) is 11.9 Å². The maximum Gasteiger partial charge on any atom is 0.239 e. The van der Waals surface area contributed by atoms with Crippen LogP contribution in [0.1, 0.15) is 43.2 Å². The fourth-order valence-electron chi connectivity index (χ4n) is 3.84. The molecule has 6 nitrogen and oxygen atoms in total. The summed E-state index contributed by atoms with van der Waals surface area (Å²) < 4.78 is 25.4. The number of hydrogen-bond acceptors (Lipinski definition) is 4. The van der Waals surface area contributed by atoms with Gasteiger partial charge in [0, 0.05) is 16.6 Å². The molecule has 1 aliphatic rings. The summed E-state index contributed by atoms with van der Waals surface area (Å²) in [5.74, 6) is -0.796. The van der Waals surface area contributed by atoms with Crippen molar-refractivity contribution >= 4 is 44.9 Å². The van der Waals surface area contributed by atoms with Gasteiger partial charge in [-0.15, -0.1) is 0 Å². The van der Waals surface area contributed by atoms with Gasteiger partial charge in [-0.25, -0.2) is 8.42 Å². The molecule has 2 aromatic rings. The van der Waals surface area contributed by atoms with Crippen molar-refractivity contribution in [3.63, 3.8) is 0 Å². The summed E-state index contributed by atoms with van der Waals surface area (Å²) in [6, 6.07) is 14.4. The number of nitrogens with one attached hydrogen (secondary N) is 1. The third-order valence-electron chi connectivity index (χ3n) is 5.59. The van der Waals surface area contributed by atoms with E-state index in [0.29, 0.717) is 22.2 Å². The molecule has 0 saturated carbocycles. The second kappa shape index (κ2) is 11.9. The number of nitrogens with zero attached hydrogens (tertiary/aromatic N) is 1. The number of carbonyl (C=O) groups excluding carboxylic acids is 2. The summed E-state index contributed by atoms with van der Waals surface area (Å²) in [5.41, 5.74) is 1.77. The number of amides is 2. The Morgan fingerprint density at radius 1 is 0.970 bits per heavy atom. The average molecular weight is 511 g/mol. The average Bonchev–Trinajstić information content (AvgIpc) is 2.75. The Bertz CT molecular complexity index is 1060. The van der Waals surface area contributed by atoms with E-state index in [1.54, 1.807) is 30.3 Å². The van der Waals surface area contributed by atoms with Crippen LogP contribution >= 0.6 is 23.2 Å². The Hall–Kier alpha value is -2.09. The standard InChI is InChI=1S/C24H28Cl2N2O4S/c25-20-12-19(13-21(26)14-20)10-4-1-2-7-11-27-22(29)16-28-23(30)15-24(28)33(31,32)17-18-8-5-3-6-9-18/h3,5-6,8-9,12-14,24H,1-2,4,7,10-11,15-17H2,(H,27,29). The molecule has 0 aromatic heterocycles. The molecule has 9 heteroatoms. The third-order valence-corrected chi connectivity index (χ3v) is 8.02. The lowest BCUT2D eigenvalue weighted by atomic mass is 10.1. The molecule has 2 aromatic carbocycles. The molecule has 1 fully saturated rings. The Morgan fingerprint density at radius 2 is 1.64 bits per heavy atom. The van der Waals surface area contributed by atoms with Crippen molar-refractivity contribution in [3.8, 4) is 0 Å². The minimum absolute atomic E-state index is 0.0692. The highest BCUT2D eigenvalue weighted by Crippen LogP contribution is 2.27. The summed E-state index contributed by atoms with van der Waals surface area (Å²) >= 11 is 12.0. The van der Waals surface area contributed by atoms with Gasteiger partial charge < -0.3 is 10.2 Å². The summed E-state index contributed by atoms with van der Waals surface area (Å²) in [4.78, 5) is 25.3. The van der Waals surface area contributed by atoms with Crippen LogP contribution in [0.25, 0.3) is 0 Å². The molecule has 1 saturated heterocycles. The number of carbonyl (C=O) groups is 2. The van der Waals surface area contributed by atoms with Gasteiger partial charge in [0.25, 0.3) is 0 Å². The topological polar surface area (TPSA) is 83.6 Å². The molecular formula is C24H28Cl2N2O4S. The largest absolute Gasteiger partial charge is 0.355 e. The molecule has 1 aliphatic heterocycles. The Morgan fingerprint density at radius 3 is 2.30 bits per heavy atom. The van der Waals surface area contributed by atoms with Crippen molar-refractivity contribution in [2.45, 2.75) is 49.7 Å². The first-order valence-electron chi connectivity index (χ1n) is 11.0. The van der Waals surface area contributed by atoms with Crippen LogP contribution in [0.3, 0.4) is 0 Å². The normalized spacial score (nSPS) is 15.9. The van der Waals surface area contributed by atoms with Crippen molar-refractivity contribution in [1.82, 2.24) is 10.2 Å². The molecule has 0 radical (unpaired) electrons. The van der Waals surface area contributed by atoms with Gasteiger partial charge in [-0.1, -0.05) is 66.4 Å². The number of sulfone groups is 1. The maximum atomic E-state index is 12.7. The van der Waals surface area contributed by atoms with E-state index in [1.807, 2.05) is 18.2 Å². The third kappa shape index (κ3) is 7.73. The van der Waals surface area contributed by atoms with E-state index < -0.39 is 15.2 Å². The van der Waals surface area contributed by atoms with E-state index in [4.69, 9.17) is 23.2 Å². The van der Waals surface area contributed by atoms with Crippen LogP contribution in [0.2, 0.25) is 10.0 Å². The molecular weight excluding hydrogens is 483 g/mol. The fraction of sp³-hybridized carbons (Fsp3) is 0.417. The number of rotatable bonds is 12. The monoisotopic (exact) mass is 510 g/mol. The van der Waals surface area contributed by atoms with Gasteiger partial charge >= 0.3 is 0 Å². The number of hydrogen-bond donors (Lipinski definition) is 1. The van der Waals surface area contributed by atoms with Gasteiger partial charge in [0.05, 0.1) is 12.2 Å². The lowest BCUT2D eigenvalue weighted by molar-refractivity contribution is -0.145. The number of benzene rings is 2. The first-order valence-corrected chi connectivity index (χ1v) is 13.5. The van der Waals surface area contributed by atoms with Gasteiger partial charge in [0.15, 0.2) is 9.84 Å². The number of halogens is 2. The van der Waals surface area contributed by atoms with Crippen LogP contribution in [0.15, 0.2) is 48.5 Å². The van der Waals surface area contributed by atoms with Crippen molar-refractivity contribution in [2.75, 3.05) is 13.1 Å². The molecule has 1 unspecified atom stereocenters. The summed E-state index contributed by atoms with van der Waals surface area (Å²) in [5, 5.41) is 3.12. The first-order chi connectivity index (χ1) is 15.7. The molecule has 0 aliphatic carbocycles. The molecule has 178 valence electrons. The highest BCUT2D eigenvalue weighted by Gasteiger charge is 2.45. The van der Waals surface area contributed by atoms with Crippen LogP contribution < -0.4 is 5.32 Å². The number of aryl methyl sites for hydroxylation is 1. The van der Waals surface area contributed by atoms with Gasteiger partial charge in [-0.2, -0.15) is 0 Å².